The zero-order valence-electron chi connectivity index (χ0n) is 16.4. The monoisotopic (exact) mass is 368 g/mol. The van der Waals surface area contributed by atoms with E-state index in [2.05, 4.69) is 48.6 Å². The van der Waals surface area contributed by atoms with Crippen LogP contribution in [0.4, 0.5) is 0 Å². The average molecular weight is 369 g/mol. The van der Waals surface area contributed by atoms with Crippen molar-refractivity contribution >= 4 is 11.8 Å². The van der Waals surface area contributed by atoms with Crippen LogP contribution in [0.5, 0.6) is 0 Å². The molecule has 0 radical (unpaired) electrons. The molecule has 0 aliphatic rings. The molecular weight excluding hydrogens is 338 g/mol. The highest BCUT2D eigenvalue weighted by molar-refractivity contribution is 5.85. The van der Waals surface area contributed by atoms with Gasteiger partial charge in [-0.1, -0.05) is 60.2 Å². The topological polar surface area (TPSA) is 66.0 Å². The minimum Gasteiger partial charge on any atom is -0.355 e. The molecule has 27 heavy (non-hydrogen) atoms. The minimum absolute atomic E-state index is 0.0307. The molecule has 5 heteroatoms. The van der Waals surface area contributed by atoms with Crippen LogP contribution in [-0.4, -0.2) is 42.9 Å². The van der Waals surface area contributed by atoms with Gasteiger partial charge in [0, 0.05) is 24.2 Å². The van der Waals surface area contributed by atoms with Crippen LogP contribution < -0.4 is 10.6 Å². The molecular formula is C22H30N3O2+. The third kappa shape index (κ3) is 6.22. The van der Waals surface area contributed by atoms with Crippen LogP contribution in [0.2, 0.25) is 0 Å². The van der Waals surface area contributed by atoms with E-state index in [9.17, 15) is 9.59 Å². The van der Waals surface area contributed by atoms with Crippen LogP contribution in [0, 0.1) is 6.92 Å². The largest absolute Gasteiger partial charge is 0.355 e. The van der Waals surface area contributed by atoms with E-state index < -0.39 is 0 Å². The lowest BCUT2D eigenvalue weighted by Crippen LogP contribution is -2.87. The zero-order chi connectivity index (χ0) is 19.6. The Labute approximate surface area is 161 Å². The smallest absolute Gasteiger partial charge is 0.278 e. The van der Waals surface area contributed by atoms with E-state index in [1.54, 1.807) is 4.90 Å². The maximum atomic E-state index is 12.6. The molecule has 144 valence electrons. The van der Waals surface area contributed by atoms with Crippen molar-refractivity contribution < 1.29 is 14.9 Å². The van der Waals surface area contributed by atoms with Crippen LogP contribution >= 0.6 is 0 Å². The van der Waals surface area contributed by atoms with Gasteiger partial charge in [0.25, 0.3) is 5.91 Å². The van der Waals surface area contributed by atoms with Gasteiger partial charge >= 0.3 is 0 Å². The van der Waals surface area contributed by atoms with Crippen molar-refractivity contribution in [3.8, 4) is 0 Å². The number of likely N-dealkylation sites (N-methyl/N-ethyl adjacent to an activating group) is 2. The van der Waals surface area contributed by atoms with Crippen molar-refractivity contribution in [1.82, 2.24) is 10.2 Å². The number of nitrogens with two attached hydrogens (primary N) is 1. The first kappa shape index (κ1) is 20.6. The highest BCUT2D eigenvalue weighted by Gasteiger charge is 2.22. The Morgan fingerprint density at radius 3 is 2.22 bits per heavy atom. The maximum Gasteiger partial charge on any atom is 0.278 e. The van der Waals surface area contributed by atoms with Gasteiger partial charge in [-0.2, -0.15) is 0 Å². The lowest BCUT2D eigenvalue weighted by atomic mass is 9.98. The number of rotatable bonds is 9. The summed E-state index contributed by atoms with van der Waals surface area (Å²) in [5.74, 6) is -0.150. The number of amides is 2. The second-order valence-electron chi connectivity index (χ2n) is 6.60. The van der Waals surface area contributed by atoms with Crippen molar-refractivity contribution in [2.75, 3.05) is 26.2 Å². The van der Waals surface area contributed by atoms with Gasteiger partial charge in [0.15, 0.2) is 6.54 Å². The van der Waals surface area contributed by atoms with Gasteiger partial charge in [0.1, 0.15) is 6.04 Å². The lowest BCUT2D eigenvalue weighted by molar-refractivity contribution is -0.677. The normalized spacial score (nSPS) is 11.7. The number of hydrogen-bond acceptors (Lipinski definition) is 2. The van der Waals surface area contributed by atoms with E-state index in [-0.39, 0.29) is 24.4 Å². The molecule has 2 rings (SSSR count). The number of carbonyl (C=O) groups is 2. The molecule has 2 aromatic carbocycles. The standard InChI is InChI=1S/C22H29N3O2/c1-4-23-20(26)16-25(5-2)21(27)15-24-22(18-9-7-6-8-10-18)19-13-11-17(3)12-14-19/h6-14,22,24H,4-5,15-16H2,1-3H3,(H,23,26)/p+1/t22-/m1/s1. The van der Waals surface area contributed by atoms with Crippen LogP contribution in [0.3, 0.4) is 0 Å². The Hall–Kier alpha value is -2.66. The predicted molar refractivity (Wildman–Crippen MR) is 107 cm³/mol. The highest BCUT2D eigenvalue weighted by Crippen LogP contribution is 2.18. The van der Waals surface area contributed by atoms with E-state index in [4.69, 9.17) is 0 Å². The molecule has 0 spiro atoms. The highest BCUT2D eigenvalue weighted by atomic mass is 16.2. The number of hydrogen-bond donors (Lipinski definition) is 2. The van der Waals surface area contributed by atoms with Crippen molar-refractivity contribution in [3.05, 3.63) is 71.3 Å². The van der Waals surface area contributed by atoms with Gasteiger partial charge in [-0.25, -0.2) is 0 Å². The van der Waals surface area contributed by atoms with E-state index in [0.29, 0.717) is 19.6 Å². The Morgan fingerprint density at radius 2 is 1.63 bits per heavy atom. The molecule has 0 fully saturated rings. The lowest BCUT2D eigenvalue weighted by Gasteiger charge is -2.22. The summed E-state index contributed by atoms with van der Waals surface area (Å²) < 4.78 is 0. The van der Waals surface area contributed by atoms with Crippen molar-refractivity contribution in [3.63, 3.8) is 0 Å². The first-order chi connectivity index (χ1) is 13.0. The zero-order valence-corrected chi connectivity index (χ0v) is 16.4. The second-order valence-corrected chi connectivity index (χ2v) is 6.60. The summed E-state index contributed by atoms with van der Waals surface area (Å²) in [7, 11) is 0. The minimum atomic E-state index is -0.120. The van der Waals surface area contributed by atoms with E-state index >= 15 is 0 Å². The summed E-state index contributed by atoms with van der Waals surface area (Å²) in [6.07, 6.45) is 0. The molecule has 0 unspecified atom stereocenters. The third-order valence-electron chi connectivity index (χ3n) is 4.57. The number of benzene rings is 2. The molecule has 0 aliphatic heterocycles. The van der Waals surface area contributed by atoms with E-state index in [1.807, 2.05) is 37.4 Å². The quantitative estimate of drug-likeness (QED) is 0.707. The fraction of sp³-hybridized carbons (Fsp3) is 0.364. The third-order valence-corrected chi connectivity index (χ3v) is 4.57. The number of nitrogens with zero attached hydrogens (tertiary/aromatic N) is 1. The van der Waals surface area contributed by atoms with Gasteiger partial charge in [-0.15, -0.1) is 0 Å². The van der Waals surface area contributed by atoms with Gasteiger partial charge in [-0.05, 0) is 20.8 Å². The molecule has 0 heterocycles. The fourth-order valence-corrected chi connectivity index (χ4v) is 3.05. The molecule has 2 amide bonds. The predicted octanol–water partition coefficient (Wildman–Crippen LogP) is 1.63. The number of quaternary nitrogens is 1. The molecule has 5 nitrogen and oxygen atoms in total. The summed E-state index contributed by atoms with van der Waals surface area (Å²) in [6, 6.07) is 18.6. The fourth-order valence-electron chi connectivity index (χ4n) is 3.05. The molecule has 0 saturated heterocycles. The van der Waals surface area contributed by atoms with Crippen LogP contribution in [0.15, 0.2) is 54.6 Å². The van der Waals surface area contributed by atoms with Gasteiger partial charge in [0.05, 0.1) is 6.54 Å². The van der Waals surface area contributed by atoms with Gasteiger partial charge in [0.2, 0.25) is 5.91 Å². The molecule has 0 bridgehead atoms. The summed E-state index contributed by atoms with van der Waals surface area (Å²) in [4.78, 5) is 26.1. The average Bonchev–Trinajstić information content (AvgIpc) is 2.68. The van der Waals surface area contributed by atoms with Gasteiger partial charge in [-0.3, -0.25) is 9.59 Å². The number of carbonyl (C=O) groups excluding carboxylic acids is 2. The molecule has 1 atom stereocenters. The Kier molecular flexibility index (Phi) is 8.01. The summed E-state index contributed by atoms with van der Waals surface area (Å²) >= 11 is 0. The molecule has 2 aromatic rings. The van der Waals surface area contributed by atoms with Crippen molar-refractivity contribution in [1.29, 1.82) is 0 Å². The first-order valence-corrected chi connectivity index (χ1v) is 9.54. The molecule has 0 saturated carbocycles. The van der Waals surface area contributed by atoms with Crippen molar-refractivity contribution in [2.45, 2.75) is 26.8 Å². The Bertz CT molecular complexity index is 729. The summed E-state index contributed by atoms with van der Waals surface area (Å²) in [5.41, 5.74) is 3.52. The second kappa shape index (κ2) is 10.5. The number of aryl methyl sites for hydroxylation is 1. The molecule has 3 N–H and O–H groups in total. The Morgan fingerprint density at radius 1 is 1.00 bits per heavy atom. The van der Waals surface area contributed by atoms with Crippen LogP contribution in [0.25, 0.3) is 0 Å². The van der Waals surface area contributed by atoms with E-state index in [0.717, 1.165) is 11.1 Å². The van der Waals surface area contributed by atoms with Crippen LogP contribution in [-0.2, 0) is 9.59 Å². The summed E-state index contributed by atoms with van der Waals surface area (Å²) in [5, 5.41) is 4.79. The van der Waals surface area contributed by atoms with E-state index in [1.165, 1.54) is 5.56 Å². The van der Waals surface area contributed by atoms with Crippen molar-refractivity contribution in [2.24, 2.45) is 0 Å². The van der Waals surface area contributed by atoms with Crippen LogP contribution in [0.1, 0.15) is 36.6 Å². The molecule has 0 aliphatic carbocycles. The molecule has 0 aromatic heterocycles. The number of nitrogens with one attached hydrogen (secondary N) is 1. The Balaban J connectivity index is 2.10. The summed E-state index contributed by atoms with van der Waals surface area (Å²) in [6.45, 7) is 7.32. The maximum absolute atomic E-state index is 12.6. The SMILES string of the molecule is CCNC(=O)CN(CC)C(=O)C[NH2+][C@H](c1ccccc1)c1ccc(C)cc1. The first-order valence-electron chi connectivity index (χ1n) is 9.54. The van der Waals surface area contributed by atoms with Gasteiger partial charge < -0.3 is 15.5 Å².